The Morgan fingerprint density at radius 2 is 2.16 bits per heavy atom. The second kappa shape index (κ2) is 7.54. The van der Waals surface area contributed by atoms with Crippen LogP contribution < -0.4 is 4.72 Å². The van der Waals surface area contributed by atoms with Gasteiger partial charge in [-0.05, 0) is 24.7 Å². The number of rotatable bonds is 7. The van der Waals surface area contributed by atoms with E-state index in [0.717, 1.165) is 12.8 Å². The molecule has 0 aromatic carbocycles. The lowest BCUT2D eigenvalue weighted by Crippen LogP contribution is -2.51. The largest absolute Gasteiger partial charge is 0.396 e. The predicted octanol–water partition coefficient (Wildman–Crippen LogP) is 0.196. The van der Waals surface area contributed by atoms with Crippen LogP contribution in [0.4, 0.5) is 0 Å². The van der Waals surface area contributed by atoms with E-state index in [1.54, 1.807) is 7.11 Å². The molecule has 0 aromatic rings. The molecule has 7 heteroatoms. The molecule has 1 heterocycles. The Labute approximate surface area is 116 Å². The number of ether oxygens (including phenoxy) is 1. The molecular weight excluding hydrogens is 268 g/mol. The van der Waals surface area contributed by atoms with Gasteiger partial charge in [0, 0.05) is 32.8 Å². The molecule has 0 aromatic heterocycles. The Balaban J connectivity index is 2.68. The van der Waals surface area contributed by atoms with Gasteiger partial charge >= 0.3 is 0 Å². The van der Waals surface area contributed by atoms with Crippen molar-refractivity contribution in [1.82, 2.24) is 9.03 Å². The fraction of sp³-hybridized carbons (Fsp3) is 1.00. The zero-order valence-electron chi connectivity index (χ0n) is 12.0. The minimum Gasteiger partial charge on any atom is -0.396 e. The van der Waals surface area contributed by atoms with Crippen LogP contribution in [0.3, 0.4) is 0 Å². The van der Waals surface area contributed by atoms with Crippen molar-refractivity contribution >= 4 is 10.2 Å². The van der Waals surface area contributed by atoms with E-state index in [9.17, 15) is 8.42 Å². The van der Waals surface area contributed by atoms with Crippen molar-refractivity contribution in [1.29, 1.82) is 0 Å². The first-order valence-corrected chi connectivity index (χ1v) is 8.22. The van der Waals surface area contributed by atoms with Gasteiger partial charge in [-0.1, -0.05) is 13.8 Å². The summed E-state index contributed by atoms with van der Waals surface area (Å²) in [6, 6.07) is -0.232. The number of nitrogens with zero attached hydrogens (tertiary/aromatic N) is 1. The number of hydrogen-bond donors (Lipinski definition) is 2. The maximum Gasteiger partial charge on any atom is 0.279 e. The van der Waals surface area contributed by atoms with E-state index in [4.69, 9.17) is 9.84 Å². The predicted molar refractivity (Wildman–Crippen MR) is 73.9 cm³/mol. The van der Waals surface area contributed by atoms with Crippen LogP contribution in [0.15, 0.2) is 0 Å². The Hall–Kier alpha value is -0.210. The maximum absolute atomic E-state index is 12.3. The molecule has 0 bridgehead atoms. The lowest BCUT2D eigenvalue weighted by molar-refractivity contribution is 0.150. The summed E-state index contributed by atoms with van der Waals surface area (Å²) in [5, 5.41) is 9.17. The third kappa shape index (κ3) is 5.00. The summed E-state index contributed by atoms with van der Waals surface area (Å²) < 4.78 is 33.8. The SMILES string of the molecule is COCC(NS(=O)(=O)N1CCCC(CO)C1)C(C)C. The van der Waals surface area contributed by atoms with Gasteiger partial charge in [0.2, 0.25) is 0 Å². The zero-order chi connectivity index (χ0) is 14.5. The molecule has 2 N–H and O–H groups in total. The van der Waals surface area contributed by atoms with Crippen molar-refractivity contribution in [3.8, 4) is 0 Å². The molecule has 0 aliphatic carbocycles. The summed E-state index contributed by atoms with van der Waals surface area (Å²) in [5.74, 6) is 0.207. The minimum absolute atomic E-state index is 0.0394. The second-order valence-electron chi connectivity index (χ2n) is 5.48. The van der Waals surface area contributed by atoms with E-state index >= 15 is 0 Å². The van der Waals surface area contributed by atoms with Crippen molar-refractivity contribution in [2.24, 2.45) is 11.8 Å². The zero-order valence-corrected chi connectivity index (χ0v) is 12.8. The Morgan fingerprint density at radius 3 is 2.68 bits per heavy atom. The maximum atomic E-state index is 12.3. The number of nitrogens with one attached hydrogen (secondary N) is 1. The molecule has 2 atom stereocenters. The standard InChI is InChI=1S/C12H26N2O4S/c1-10(2)12(9-18-3)13-19(16,17)14-6-4-5-11(7-14)8-15/h10-13,15H,4-9H2,1-3H3. The first-order valence-electron chi connectivity index (χ1n) is 6.78. The van der Waals surface area contributed by atoms with Crippen LogP contribution >= 0.6 is 0 Å². The summed E-state index contributed by atoms with van der Waals surface area (Å²) in [4.78, 5) is 0. The molecule has 6 nitrogen and oxygen atoms in total. The van der Waals surface area contributed by atoms with Gasteiger partial charge in [0.05, 0.1) is 6.61 Å². The van der Waals surface area contributed by atoms with Crippen LogP contribution in [0, 0.1) is 11.8 Å². The monoisotopic (exact) mass is 294 g/mol. The molecule has 0 spiro atoms. The molecule has 1 saturated heterocycles. The minimum atomic E-state index is -3.50. The van der Waals surface area contributed by atoms with Crippen LogP contribution in [0.2, 0.25) is 0 Å². The van der Waals surface area contributed by atoms with Crippen LogP contribution in [0.25, 0.3) is 0 Å². The number of aliphatic hydroxyl groups excluding tert-OH is 1. The van der Waals surface area contributed by atoms with Gasteiger partial charge in [-0.25, -0.2) is 0 Å². The van der Waals surface area contributed by atoms with Gasteiger partial charge < -0.3 is 9.84 Å². The van der Waals surface area contributed by atoms with E-state index in [2.05, 4.69) is 4.72 Å². The number of aliphatic hydroxyl groups is 1. The average Bonchev–Trinajstić information content (AvgIpc) is 2.38. The molecular formula is C12H26N2O4S. The van der Waals surface area contributed by atoms with Gasteiger partial charge in [0.15, 0.2) is 0 Å². The van der Waals surface area contributed by atoms with Gasteiger partial charge in [-0.3, -0.25) is 0 Å². The van der Waals surface area contributed by atoms with Gasteiger partial charge in [0.1, 0.15) is 0 Å². The first kappa shape index (κ1) is 16.8. The van der Waals surface area contributed by atoms with E-state index in [-0.39, 0.29) is 24.5 Å². The lowest BCUT2D eigenvalue weighted by Gasteiger charge is -2.33. The van der Waals surface area contributed by atoms with Crippen molar-refractivity contribution in [3.05, 3.63) is 0 Å². The lowest BCUT2D eigenvalue weighted by atomic mass is 10.0. The van der Waals surface area contributed by atoms with Crippen molar-refractivity contribution < 1.29 is 18.3 Å². The Morgan fingerprint density at radius 1 is 1.47 bits per heavy atom. The first-order chi connectivity index (χ1) is 8.90. The molecule has 19 heavy (non-hydrogen) atoms. The van der Waals surface area contributed by atoms with Gasteiger partial charge in [-0.15, -0.1) is 0 Å². The quantitative estimate of drug-likeness (QED) is 0.703. The smallest absolute Gasteiger partial charge is 0.279 e. The molecule has 0 saturated carbocycles. The summed E-state index contributed by atoms with van der Waals surface area (Å²) in [6.07, 6.45) is 1.68. The van der Waals surface area contributed by atoms with Crippen LogP contribution in [0.5, 0.6) is 0 Å². The van der Waals surface area contributed by atoms with Crippen LogP contribution in [-0.2, 0) is 14.9 Å². The average molecular weight is 294 g/mol. The van der Waals surface area contributed by atoms with E-state index in [1.165, 1.54) is 4.31 Å². The highest BCUT2D eigenvalue weighted by molar-refractivity contribution is 7.87. The van der Waals surface area contributed by atoms with Crippen LogP contribution in [0.1, 0.15) is 26.7 Å². The summed E-state index contributed by atoms with van der Waals surface area (Å²) in [7, 11) is -1.94. The van der Waals surface area contributed by atoms with Crippen LogP contribution in [-0.4, -0.2) is 57.3 Å². The summed E-state index contributed by atoms with van der Waals surface area (Å²) >= 11 is 0. The van der Waals surface area contributed by atoms with Crippen molar-refractivity contribution in [3.63, 3.8) is 0 Å². The van der Waals surface area contributed by atoms with Gasteiger partial charge in [0.25, 0.3) is 10.2 Å². The summed E-state index contributed by atoms with van der Waals surface area (Å²) in [6.45, 7) is 5.22. The number of methoxy groups -OCH3 is 1. The molecule has 1 aliphatic rings. The molecule has 0 amide bonds. The van der Waals surface area contributed by atoms with E-state index < -0.39 is 10.2 Å². The van der Waals surface area contributed by atoms with Gasteiger partial charge in [-0.2, -0.15) is 17.4 Å². The van der Waals surface area contributed by atoms with E-state index in [1.807, 2.05) is 13.8 Å². The van der Waals surface area contributed by atoms with Crippen molar-refractivity contribution in [2.45, 2.75) is 32.7 Å². The Kier molecular flexibility index (Phi) is 6.68. The third-order valence-electron chi connectivity index (χ3n) is 3.53. The fourth-order valence-electron chi connectivity index (χ4n) is 2.20. The molecule has 1 rings (SSSR count). The van der Waals surface area contributed by atoms with Crippen molar-refractivity contribution in [2.75, 3.05) is 33.4 Å². The second-order valence-corrected chi connectivity index (χ2v) is 7.18. The highest BCUT2D eigenvalue weighted by Crippen LogP contribution is 2.18. The third-order valence-corrected chi connectivity index (χ3v) is 5.14. The topological polar surface area (TPSA) is 78.9 Å². The van der Waals surface area contributed by atoms with E-state index in [0.29, 0.717) is 19.7 Å². The molecule has 0 radical (unpaired) electrons. The summed E-state index contributed by atoms with van der Waals surface area (Å²) in [5.41, 5.74) is 0. The molecule has 114 valence electrons. The number of piperidine rings is 1. The normalized spacial score (nSPS) is 23.7. The Bertz CT molecular complexity index is 359. The fourth-order valence-corrected chi connectivity index (χ4v) is 3.85. The highest BCUT2D eigenvalue weighted by Gasteiger charge is 2.31. The molecule has 2 unspecified atom stereocenters. The highest BCUT2D eigenvalue weighted by atomic mass is 32.2. The number of hydrogen-bond acceptors (Lipinski definition) is 4. The molecule has 1 fully saturated rings. The molecule has 1 aliphatic heterocycles.